The number of amides is 2. The summed E-state index contributed by atoms with van der Waals surface area (Å²) in [6, 6.07) is 10.2. The van der Waals surface area contributed by atoms with E-state index in [1.165, 1.54) is 6.07 Å². The van der Waals surface area contributed by atoms with Crippen molar-refractivity contribution in [3.05, 3.63) is 57.6 Å². The van der Waals surface area contributed by atoms with Crippen molar-refractivity contribution in [1.29, 1.82) is 0 Å². The van der Waals surface area contributed by atoms with Crippen molar-refractivity contribution in [2.45, 2.75) is 12.8 Å². The van der Waals surface area contributed by atoms with Crippen LogP contribution in [0.4, 0.5) is 0 Å². The molecule has 0 aliphatic carbocycles. The van der Waals surface area contributed by atoms with Crippen molar-refractivity contribution in [2.75, 3.05) is 27.3 Å². The van der Waals surface area contributed by atoms with E-state index < -0.39 is 0 Å². The molecule has 2 N–H and O–H groups in total. The van der Waals surface area contributed by atoms with Gasteiger partial charge in [0.25, 0.3) is 5.91 Å². The van der Waals surface area contributed by atoms with Crippen LogP contribution in [0.25, 0.3) is 0 Å². The minimum absolute atomic E-state index is 0.107. The van der Waals surface area contributed by atoms with Crippen LogP contribution < -0.4 is 20.1 Å². The Hall–Kier alpha value is -2.44. The quantitative estimate of drug-likeness (QED) is 0.604. The lowest BCUT2D eigenvalue weighted by Gasteiger charge is -2.10. The van der Waals surface area contributed by atoms with Crippen LogP contribution in [0.3, 0.4) is 0 Å². The second-order valence-corrected chi connectivity index (χ2v) is 6.76. The molecule has 2 rings (SSSR count). The molecule has 0 spiro atoms. The molecule has 0 aromatic heterocycles. The summed E-state index contributed by atoms with van der Waals surface area (Å²) in [5.74, 6) is 0.825. The average Bonchev–Trinajstić information content (AvgIpc) is 2.70. The minimum Gasteiger partial charge on any atom is -0.493 e. The number of nitrogens with one attached hydrogen (secondary N) is 2. The number of ether oxygens (including phenoxy) is 2. The molecule has 28 heavy (non-hydrogen) atoms. The van der Waals surface area contributed by atoms with Gasteiger partial charge >= 0.3 is 0 Å². The molecule has 6 nitrogen and oxygen atoms in total. The van der Waals surface area contributed by atoms with E-state index >= 15 is 0 Å². The first-order chi connectivity index (χ1) is 13.4. The maximum Gasteiger partial charge on any atom is 0.252 e. The predicted octanol–water partition coefficient (Wildman–Crippen LogP) is 3.49. The van der Waals surface area contributed by atoms with E-state index in [0.29, 0.717) is 46.5 Å². The van der Waals surface area contributed by atoms with Gasteiger partial charge in [0.1, 0.15) is 0 Å². The average molecular weight is 425 g/mol. The number of halogens is 2. The standard InChI is InChI=1S/C20H22Cl2N2O4/c1-27-17-7-3-13(11-18(17)28-2)4-8-19(25)23-9-10-24-20(26)15-12-14(21)5-6-16(15)22/h3,5-7,11-12H,4,8-10H2,1-2H3,(H,23,25)(H,24,26). The molecule has 0 saturated heterocycles. The lowest BCUT2D eigenvalue weighted by molar-refractivity contribution is -0.121. The second-order valence-electron chi connectivity index (χ2n) is 5.92. The third-order valence-electron chi connectivity index (χ3n) is 3.99. The van der Waals surface area contributed by atoms with E-state index in [1.54, 1.807) is 26.4 Å². The molecule has 0 atom stereocenters. The molecule has 2 amide bonds. The summed E-state index contributed by atoms with van der Waals surface area (Å²) in [6.45, 7) is 0.596. The van der Waals surface area contributed by atoms with Crippen molar-refractivity contribution < 1.29 is 19.1 Å². The zero-order valence-electron chi connectivity index (χ0n) is 15.7. The molecule has 0 aliphatic rings. The Morgan fingerprint density at radius 1 is 0.929 bits per heavy atom. The summed E-state index contributed by atoms with van der Waals surface area (Å²) in [5.41, 5.74) is 1.27. The number of aryl methyl sites for hydroxylation is 1. The highest BCUT2D eigenvalue weighted by atomic mass is 35.5. The van der Waals surface area contributed by atoms with Crippen molar-refractivity contribution in [1.82, 2.24) is 10.6 Å². The molecule has 0 aliphatic heterocycles. The first kappa shape index (κ1) is 21.9. The highest BCUT2D eigenvalue weighted by Crippen LogP contribution is 2.27. The summed E-state index contributed by atoms with van der Waals surface area (Å²) < 4.78 is 10.4. The second kappa shape index (κ2) is 10.8. The van der Waals surface area contributed by atoms with Gasteiger partial charge in [-0.15, -0.1) is 0 Å². The largest absolute Gasteiger partial charge is 0.493 e. The topological polar surface area (TPSA) is 76.7 Å². The molecular weight excluding hydrogens is 403 g/mol. The van der Waals surface area contributed by atoms with Gasteiger partial charge in [-0.1, -0.05) is 29.3 Å². The molecule has 2 aromatic rings. The number of rotatable bonds is 9. The van der Waals surface area contributed by atoms with Crippen LogP contribution in [0, 0.1) is 0 Å². The minimum atomic E-state index is -0.341. The number of hydrogen-bond donors (Lipinski definition) is 2. The molecule has 0 unspecified atom stereocenters. The summed E-state index contributed by atoms with van der Waals surface area (Å²) in [6.07, 6.45) is 0.889. The molecule has 150 valence electrons. The van der Waals surface area contributed by atoms with Gasteiger partial charge in [0.2, 0.25) is 5.91 Å². The van der Waals surface area contributed by atoms with Gasteiger partial charge in [-0.2, -0.15) is 0 Å². The van der Waals surface area contributed by atoms with E-state index in [9.17, 15) is 9.59 Å². The number of methoxy groups -OCH3 is 2. The van der Waals surface area contributed by atoms with Crippen LogP contribution in [-0.2, 0) is 11.2 Å². The predicted molar refractivity (Wildman–Crippen MR) is 110 cm³/mol. The Labute approximate surface area is 174 Å². The molecular formula is C20H22Cl2N2O4. The third kappa shape index (κ3) is 6.32. The maximum atomic E-state index is 12.1. The van der Waals surface area contributed by atoms with E-state index in [-0.39, 0.29) is 18.4 Å². The molecule has 0 radical (unpaired) electrons. The fraction of sp³-hybridized carbons (Fsp3) is 0.300. The zero-order valence-corrected chi connectivity index (χ0v) is 17.2. The Morgan fingerprint density at radius 2 is 1.64 bits per heavy atom. The molecule has 8 heteroatoms. The first-order valence-electron chi connectivity index (χ1n) is 8.65. The van der Waals surface area contributed by atoms with Gasteiger partial charge in [-0.3, -0.25) is 9.59 Å². The lowest BCUT2D eigenvalue weighted by atomic mass is 10.1. The monoisotopic (exact) mass is 424 g/mol. The number of carbonyl (C=O) groups excluding carboxylic acids is 2. The number of benzene rings is 2. The van der Waals surface area contributed by atoms with Gasteiger partial charge in [0.15, 0.2) is 11.5 Å². The highest BCUT2D eigenvalue weighted by Gasteiger charge is 2.11. The zero-order chi connectivity index (χ0) is 20.5. The lowest BCUT2D eigenvalue weighted by Crippen LogP contribution is -2.34. The van der Waals surface area contributed by atoms with Crippen LogP contribution in [0.5, 0.6) is 11.5 Å². The van der Waals surface area contributed by atoms with Crippen LogP contribution in [0.15, 0.2) is 36.4 Å². The summed E-state index contributed by atoms with van der Waals surface area (Å²) in [7, 11) is 3.14. The van der Waals surface area contributed by atoms with Crippen molar-refractivity contribution in [2.24, 2.45) is 0 Å². The number of hydrogen-bond acceptors (Lipinski definition) is 4. The molecule has 0 fully saturated rings. The van der Waals surface area contributed by atoms with Crippen molar-refractivity contribution in [3.63, 3.8) is 0 Å². The fourth-order valence-corrected chi connectivity index (χ4v) is 2.90. The Kier molecular flexibility index (Phi) is 8.42. The summed E-state index contributed by atoms with van der Waals surface area (Å²) >= 11 is 11.9. The summed E-state index contributed by atoms with van der Waals surface area (Å²) in [5, 5.41) is 6.21. The van der Waals surface area contributed by atoms with Crippen molar-refractivity contribution in [3.8, 4) is 11.5 Å². The first-order valence-corrected chi connectivity index (χ1v) is 9.41. The van der Waals surface area contributed by atoms with E-state index in [2.05, 4.69) is 10.6 Å². The highest BCUT2D eigenvalue weighted by molar-refractivity contribution is 6.35. The van der Waals surface area contributed by atoms with Crippen LogP contribution in [0.1, 0.15) is 22.3 Å². The van der Waals surface area contributed by atoms with E-state index in [4.69, 9.17) is 32.7 Å². The van der Waals surface area contributed by atoms with E-state index in [1.807, 2.05) is 18.2 Å². The Morgan fingerprint density at radius 3 is 2.36 bits per heavy atom. The fourth-order valence-electron chi connectivity index (χ4n) is 2.53. The van der Waals surface area contributed by atoms with Gasteiger partial charge in [-0.05, 0) is 42.3 Å². The third-order valence-corrected chi connectivity index (χ3v) is 4.56. The SMILES string of the molecule is COc1ccc(CCC(=O)NCCNC(=O)c2cc(Cl)ccc2Cl)cc1OC. The van der Waals surface area contributed by atoms with Gasteiger partial charge in [-0.25, -0.2) is 0 Å². The molecule has 2 aromatic carbocycles. The van der Waals surface area contributed by atoms with Gasteiger partial charge in [0, 0.05) is 24.5 Å². The smallest absolute Gasteiger partial charge is 0.252 e. The molecule has 0 bridgehead atoms. The summed E-state index contributed by atoms with van der Waals surface area (Å²) in [4.78, 5) is 24.1. The van der Waals surface area contributed by atoms with Gasteiger partial charge < -0.3 is 20.1 Å². The number of carbonyl (C=O) groups is 2. The van der Waals surface area contributed by atoms with E-state index in [0.717, 1.165) is 5.56 Å². The van der Waals surface area contributed by atoms with Crippen LogP contribution >= 0.6 is 23.2 Å². The Bertz CT molecular complexity index is 843. The van der Waals surface area contributed by atoms with Crippen LogP contribution in [0.2, 0.25) is 10.0 Å². The van der Waals surface area contributed by atoms with Gasteiger partial charge in [0.05, 0.1) is 24.8 Å². The normalized spacial score (nSPS) is 10.3. The Balaban J connectivity index is 1.73. The molecule has 0 heterocycles. The molecule has 0 saturated carbocycles. The van der Waals surface area contributed by atoms with Crippen LogP contribution in [-0.4, -0.2) is 39.1 Å². The maximum absolute atomic E-state index is 12.1. The van der Waals surface area contributed by atoms with Crippen molar-refractivity contribution >= 4 is 35.0 Å².